The van der Waals surface area contributed by atoms with Gasteiger partial charge in [-0.1, -0.05) is 25.8 Å². The van der Waals surface area contributed by atoms with Gasteiger partial charge in [-0.3, -0.25) is 4.79 Å². The molecule has 5 nitrogen and oxygen atoms in total. The summed E-state index contributed by atoms with van der Waals surface area (Å²) < 4.78 is 16.7. The number of benzene rings is 1. The maximum atomic E-state index is 11.8. The average molecular weight is 321 g/mol. The van der Waals surface area contributed by atoms with Gasteiger partial charge in [0.1, 0.15) is 11.5 Å². The van der Waals surface area contributed by atoms with Crippen LogP contribution < -0.4 is 14.8 Å². The van der Waals surface area contributed by atoms with Crippen LogP contribution in [0.15, 0.2) is 24.3 Å². The van der Waals surface area contributed by atoms with Crippen LogP contribution in [0.1, 0.15) is 39.0 Å². The van der Waals surface area contributed by atoms with Crippen LogP contribution in [-0.4, -0.2) is 38.4 Å². The van der Waals surface area contributed by atoms with E-state index in [2.05, 4.69) is 12.2 Å². The van der Waals surface area contributed by atoms with Crippen LogP contribution in [-0.2, 0) is 9.53 Å². The van der Waals surface area contributed by atoms with Crippen molar-refractivity contribution in [3.63, 3.8) is 0 Å². The molecule has 1 amide bonds. The van der Waals surface area contributed by atoms with Gasteiger partial charge >= 0.3 is 0 Å². The predicted molar refractivity (Wildman–Crippen MR) is 88.9 cm³/mol. The van der Waals surface area contributed by atoms with Crippen molar-refractivity contribution in [3.05, 3.63) is 24.3 Å². The molecule has 1 N–H and O–H groups in total. The topological polar surface area (TPSA) is 56.8 Å². The van der Waals surface area contributed by atoms with Crippen LogP contribution in [0.5, 0.6) is 11.5 Å². The molecule has 1 fully saturated rings. The molecule has 1 atom stereocenters. The molecule has 0 aromatic heterocycles. The van der Waals surface area contributed by atoms with Crippen molar-refractivity contribution in [2.75, 3.05) is 26.4 Å². The highest BCUT2D eigenvalue weighted by Crippen LogP contribution is 2.19. The van der Waals surface area contributed by atoms with E-state index in [-0.39, 0.29) is 18.6 Å². The minimum Gasteiger partial charge on any atom is -0.493 e. The zero-order valence-corrected chi connectivity index (χ0v) is 13.9. The van der Waals surface area contributed by atoms with Crippen LogP contribution >= 0.6 is 0 Å². The number of nitrogens with one attached hydrogen (secondary N) is 1. The Morgan fingerprint density at radius 3 is 2.87 bits per heavy atom. The first kappa shape index (κ1) is 17.6. The van der Waals surface area contributed by atoms with Crippen molar-refractivity contribution in [2.24, 2.45) is 0 Å². The van der Waals surface area contributed by atoms with Gasteiger partial charge in [0, 0.05) is 19.2 Å². The number of hydrogen-bond donors (Lipinski definition) is 1. The smallest absolute Gasteiger partial charge is 0.258 e. The maximum Gasteiger partial charge on any atom is 0.258 e. The maximum absolute atomic E-state index is 11.8. The third-order valence-corrected chi connectivity index (χ3v) is 3.74. The van der Waals surface area contributed by atoms with Crippen molar-refractivity contribution in [3.8, 4) is 11.5 Å². The van der Waals surface area contributed by atoms with E-state index >= 15 is 0 Å². The highest BCUT2D eigenvalue weighted by molar-refractivity contribution is 5.77. The fourth-order valence-electron chi connectivity index (χ4n) is 2.43. The summed E-state index contributed by atoms with van der Waals surface area (Å²) in [5, 5.41) is 2.84. The molecule has 1 saturated heterocycles. The Labute approximate surface area is 138 Å². The van der Waals surface area contributed by atoms with Gasteiger partial charge in [0.15, 0.2) is 6.61 Å². The second kappa shape index (κ2) is 10.1. The lowest BCUT2D eigenvalue weighted by molar-refractivity contribution is -0.123. The van der Waals surface area contributed by atoms with E-state index < -0.39 is 0 Å². The molecule has 0 aliphatic carbocycles. The van der Waals surface area contributed by atoms with Gasteiger partial charge in [0.2, 0.25) is 0 Å². The number of unbranched alkanes of at least 4 members (excludes halogenated alkanes) is 2. The van der Waals surface area contributed by atoms with E-state index in [1.165, 1.54) is 12.8 Å². The van der Waals surface area contributed by atoms with E-state index in [9.17, 15) is 4.79 Å². The number of carbonyl (C=O) groups is 1. The molecular formula is C18H27NO4. The molecule has 1 aromatic carbocycles. The first-order valence-electron chi connectivity index (χ1n) is 8.52. The van der Waals surface area contributed by atoms with Crippen LogP contribution in [0.3, 0.4) is 0 Å². The summed E-state index contributed by atoms with van der Waals surface area (Å²) in [6.07, 6.45) is 5.63. The molecule has 23 heavy (non-hydrogen) atoms. The summed E-state index contributed by atoms with van der Waals surface area (Å²) in [7, 11) is 0. The number of hydrogen-bond acceptors (Lipinski definition) is 4. The van der Waals surface area contributed by atoms with Crippen molar-refractivity contribution >= 4 is 5.91 Å². The van der Waals surface area contributed by atoms with Gasteiger partial charge in [0.25, 0.3) is 5.91 Å². The Hall–Kier alpha value is -1.75. The largest absolute Gasteiger partial charge is 0.493 e. The second-order valence-corrected chi connectivity index (χ2v) is 5.76. The van der Waals surface area contributed by atoms with E-state index in [1.54, 1.807) is 0 Å². The van der Waals surface area contributed by atoms with E-state index in [0.29, 0.717) is 18.9 Å². The highest BCUT2D eigenvalue weighted by atomic mass is 16.5. The standard InChI is InChI=1S/C18H27NO4/c1-2-3-4-10-21-15-7-5-8-16(12-15)23-14-18(20)19-13-17-9-6-11-22-17/h5,7-8,12,17H,2-4,6,9-11,13-14H2,1H3,(H,19,20). The lowest BCUT2D eigenvalue weighted by Crippen LogP contribution is -2.35. The predicted octanol–water partition coefficient (Wildman–Crippen LogP) is 2.93. The van der Waals surface area contributed by atoms with Crippen LogP contribution in [0.4, 0.5) is 0 Å². The second-order valence-electron chi connectivity index (χ2n) is 5.76. The van der Waals surface area contributed by atoms with Gasteiger partial charge in [-0.25, -0.2) is 0 Å². The molecule has 1 heterocycles. The molecule has 0 radical (unpaired) electrons. The highest BCUT2D eigenvalue weighted by Gasteiger charge is 2.16. The normalized spacial score (nSPS) is 17.0. The Bertz CT molecular complexity index is 472. The molecule has 0 bridgehead atoms. The van der Waals surface area contributed by atoms with Gasteiger partial charge in [0.05, 0.1) is 12.7 Å². The summed E-state index contributed by atoms with van der Waals surface area (Å²) in [5.74, 6) is 1.29. The minimum absolute atomic E-state index is 0.00596. The summed E-state index contributed by atoms with van der Waals surface area (Å²) in [6.45, 7) is 4.23. The van der Waals surface area contributed by atoms with Gasteiger partial charge in [-0.05, 0) is 31.4 Å². The summed E-state index contributed by atoms with van der Waals surface area (Å²) in [6, 6.07) is 7.41. The molecule has 1 unspecified atom stereocenters. The molecule has 2 rings (SSSR count). The fourth-order valence-corrected chi connectivity index (χ4v) is 2.43. The molecule has 0 saturated carbocycles. The van der Waals surface area contributed by atoms with Gasteiger partial charge in [-0.15, -0.1) is 0 Å². The van der Waals surface area contributed by atoms with Crippen molar-refractivity contribution < 1.29 is 19.0 Å². The lowest BCUT2D eigenvalue weighted by Gasteiger charge is -2.12. The molecule has 1 aliphatic rings. The Kier molecular flexibility index (Phi) is 7.73. The molecule has 0 spiro atoms. The summed E-state index contributed by atoms with van der Waals surface area (Å²) in [4.78, 5) is 11.8. The Morgan fingerprint density at radius 2 is 2.13 bits per heavy atom. The van der Waals surface area contributed by atoms with Crippen molar-refractivity contribution in [1.29, 1.82) is 0 Å². The number of ether oxygens (including phenoxy) is 3. The van der Waals surface area contributed by atoms with Crippen LogP contribution in [0.2, 0.25) is 0 Å². The van der Waals surface area contributed by atoms with Crippen LogP contribution in [0.25, 0.3) is 0 Å². The third-order valence-electron chi connectivity index (χ3n) is 3.74. The number of amides is 1. The monoisotopic (exact) mass is 321 g/mol. The average Bonchev–Trinajstić information content (AvgIpc) is 3.09. The quantitative estimate of drug-likeness (QED) is 0.673. The molecule has 5 heteroatoms. The van der Waals surface area contributed by atoms with E-state index in [1.807, 2.05) is 24.3 Å². The third kappa shape index (κ3) is 6.91. The number of carbonyl (C=O) groups excluding carboxylic acids is 1. The number of rotatable bonds is 10. The van der Waals surface area contributed by atoms with E-state index in [0.717, 1.165) is 31.6 Å². The van der Waals surface area contributed by atoms with Crippen molar-refractivity contribution in [2.45, 2.75) is 45.1 Å². The molecule has 128 valence electrons. The molecule has 1 aliphatic heterocycles. The SMILES string of the molecule is CCCCCOc1cccc(OCC(=O)NCC2CCCO2)c1. The fraction of sp³-hybridized carbons (Fsp3) is 0.611. The summed E-state index contributed by atoms with van der Waals surface area (Å²) in [5.41, 5.74) is 0. The Balaban J connectivity index is 1.66. The van der Waals surface area contributed by atoms with E-state index in [4.69, 9.17) is 14.2 Å². The molecule has 1 aromatic rings. The molecular weight excluding hydrogens is 294 g/mol. The first-order valence-corrected chi connectivity index (χ1v) is 8.52. The lowest BCUT2D eigenvalue weighted by atomic mass is 10.2. The van der Waals surface area contributed by atoms with Crippen molar-refractivity contribution in [1.82, 2.24) is 5.32 Å². The van der Waals surface area contributed by atoms with Crippen LogP contribution in [0, 0.1) is 0 Å². The first-order chi connectivity index (χ1) is 11.3. The van der Waals surface area contributed by atoms with Gasteiger partial charge in [-0.2, -0.15) is 0 Å². The van der Waals surface area contributed by atoms with Gasteiger partial charge < -0.3 is 19.5 Å². The Morgan fingerprint density at radius 1 is 1.30 bits per heavy atom. The summed E-state index contributed by atoms with van der Waals surface area (Å²) >= 11 is 0. The zero-order valence-electron chi connectivity index (χ0n) is 13.9. The minimum atomic E-state index is -0.130. The zero-order chi connectivity index (χ0) is 16.3.